The number of amides is 2. The predicted octanol–water partition coefficient (Wildman–Crippen LogP) is 3.66. The average molecular weight is 466 g/mol. The Morgan fingerprint density at radius 3 is 2.52 bits per heavy atom. The highest BCUT2D eigenvalue weighted by Crippen LogP contribution is 2.27. The Bertz CT molecular complexity index is 1320. The van der Waals surface area contributed by atoms with Crippen LogP contribution in [0.1, 0.15) is 22.3 Å². The smallest absolute Gasteiger partial charge is 0.264 e. The molecule has 0 spiro atoms. The van der Waals surface area contributed by atoms with Crippen LogP contribution in [0.4, 0.5) is 17.1 Å². The van der Waals surface area contributed by atoms with Gasteiger partial charge in [0.2, 0.25) is 5.91 Å². The van der Waals surface area contributed by atoms with Crippen molar-refractivity contribution in [2.75, 3.05) is 29.1 Å². The maximum atomic E-state index is 13.1. The van der Waals surface area contributed by atoms with Gasteiger partial charge in [-0.15, -0.1) is 0 Å². The van der Waals surface area contributed by atoms with Gasteiger partial charge in [0.1, 0.15) is 5.75 Å². The highest BCUT2D eigenvalue weighted by molar-refractivity contribution is 7.92. The Labute approximate surface area is 192 Å². The molecule has 2 N–H and O–H groups in total. The fourth-order valence-electron chi connectivity index (χ4n) is 3.55. The number of anilines is 3. The van der Waals surface area contributed by atoms with Crippen LogP contribution >= 0.6 is 0 Å². The molecule has 0 unspecified atom stereocenters. The number of hydrogen-bond acceptors (Lipinski definition) is 5. The van der Waals surface area contributed by atoms with Crippen LogP contribution in [0.5, 0.6) is 5.75 Å². The molecule has 0 aromatic heterocycles. The summed E-state index contributed by atoms with van der Waals surface area (Å²) in [6.45, 7) is 0. The van der Waals surface area contributed by atoms with Gasteiger partial charge < -0.3 is 15.4 Å². The fourth-order valence-corrected chi connectivity index (χ4v) is 4.79. The lowest BCUT2D eigenvalue weighted by Gasteiger charge is -2.20. The van der Waals surface area contributed by atoms with Crippen molar-refractivity contribution in [2.45, 2.75) is 17.7 Å². The summed E-state index contributed by atoms with van der Waals surface area (Å²) in [6, 6.07) is 17.8. The molecule has 0 fully saturated rings. The number of carbonyl (C=O) groups excluding carboxylic acids is 2. The number of ether oxygens (including phenoxy) is 1. The summed E-state index contributed by atoms with van der Waals surface area (Å²) >= 11 is 0. The lowest BCUT2D eigenvalue weighted by Crippen LogP contribution is -2.26. The van der Waals surface area contributed by atoms with Gasteiger partial charge in [0, 0.05) is 30.4 Å². The van der Waals surface area contributed by atoms with Gasteiger partial charge in [0.25, 0.3) is 15.9 Å². The number of methoxy groups -OCH3 is 1. The Hall–Kier alpha value is -3.85. The SMILES string of the molecule is COc1ccc(N(C)S(=O)(=O)c2cccc(C(=O)Nc3ccc4c(c3)CCC(=O)N4)c2)cc1. The van der Waals surface area contributed by atoms with Crippen LogP contribution in [-0.4, -0.2) is 34.4 Å². The van der Waals surface area contributed by atoms with E-state index in [4.69, 9.17) is 4.74 Å². The summed E-state index contributed by atoms with van der Waals surface area (Å²) in [5.41, 5.74) is 2.92. The molecule has 3 aromatic carbocycles. The number of rotatable bonds is 6. The molecule has 0 atom stereocenters. The number of carbonyl (C=O) groups is 2. The minimum absolute atomic E-state index is 0.00150. The Morgan fingerprint density at radius 2 is 1.79 bits per heavy atom. The van der Waals surface area contributed by atoms with E-state index >= 15 is 0 Å². The molecule has 1 aliphatic rings. The van der Waals surface area contributed by atoms with E-state index in [0.29, 0.717) is 30.0 Å². The van der Waals surface area contributed by atoms with Crippen LogP contribution in [0.3, 0.4) is 0 Å². The summed E-state index contributed by atoms with van der Waals surface area (Å²) in [7, 11) is -0.896. The molecule has 0 saturated heterocycles. The third-order valence-electron chi connectivity index (χ3n) is 5.45. The molecule has 3 aromatic rings. The number of hydrogen-bond donors (Lipinski definition) is 2. The summed E-state index contributed by atoms with van der Waals surface area (Å²) in [4.78, 5) is 24.3. The lowest BCUT2D eigenvalue weighted by atomic mass is 10.0. The number of fused-ring (bicyclic) bond motifs is 1. The van der Waals surface area contributed by atoms with Crippen molar-refractivity contribution >= 4 is 38.9 Å². The molecule has 8 nitrogen and oxygen atoms in total. The maximum Gasteiger partial charge on any atom is 0.264 e. The number of nitrogens with one attached hydrogen (secondary N) is 2. The zero-order chi connectivity index (χ0) is 23.6. The topological polar surface area (TPSA) is 105 Å². The van der Waals surface area contributed by atoms with E-state index < -0.39 is 15.9 Å². The standard InChI is InChI=1S/C24H23N3O5S/c1-27(19-8-10-20(32-2)11-9-19)33(30,31)21-5-3-4-17(15-21)24(29)25-18-7-12-22-16(14-18)6-13-23(28)26-22/h3-5,7-12,14-15H,6,13H2,1-2H3,(H,25,29)(H,26,28). The van der Waals surface area contributed by atoms with Crippen molar-refractivity contribution in [1.29, 1.82) is 0 Å². The van der Waals surface area contributed by atoms with Crippen molar-refractivity contribution in [3.63, 3.8) is 0 Å². The second kappa shape index (κ2) is 8.95. The first-order chi connectivity index (χ1) is 15.8. The molecule has 0 radical (unpaired) electrons. The van der Waals surface area contributed by atoms with E-state index in [1.54, 1.807) is 42.5 Å². The molecule has 0 aliphatic carbocycles. The molecule has 170 valence electrons. The molecule has 9 heteroatoms. The van der Waals surface area contributed by atoms with E-state index in [1.165, 1.54) is 32.4 Å². The summed E-state index contributed by atoms with van der Waals surface area (Å²) in [5.74, 6) is 0.156. The molecule has 1 aliphatic heterocycles. The van der Waals surface area contributed by atoms with Gasteiger partial charge in [-0.05, 0) is 72.6 Å². The second-order valence-electron chi connectivity index (χ2n) is 7.57. The third-order valence-corrected chi connectivity index (χ3v) is 7.23. The first kappa shape index (κ1) is 22.3. The van der Waals surface area contributed by atoms with E-state index in [9.17, 15) is 18.0 Å². The second-order valence-corrected chi connectivity index (χ2v) is 9.54. The molecule has 1 heterocycles. The number of sulfonamides is 1. The van der Waals surface area contributed by atoms with E-state index in [1.807, 2.05) is 6.07 Å². The Balaban J connectivity index is 1.54. The lowest BCUT2D eigenvalue weighted by molar-refractivity contribution is -0.116. The zero-order valence-electron chi connectivity index (χ0n) is 18.2. The molecule has 0 saturated carbocycles. The average Bonchev–Trinajstić information content (AvgIpc) is 2.83. The molecule has 2 amide bonds. The van der Waals surface area contributed by atoms with E-state index in [2.05, 4.69) is 10.6 Å². The number of nitrogens with zero attached hydrogens (tertiary/aromatic N) is 1. The zero-order valence-corrected chi connectivity index (χ0v) is 19.0. The monoisotopic (exact) mass is 465 g/mol. The maximum absolute atomic E-state index is 13.1. The van der Waals surface area contributed by atoms with Gasteiger partial charge in [-0.3, -0.25) is 13.9 Å². The van der Waals surface area contributed by atoms with E-state index in [-0.39, 0.29) is 16.4 Å². The van der Waals surface area contributed by atoms with Gasteiger partial charge in [-0.1, -0.05) is 6.07 Å². The normalized spacial score (nSPS) is 13.0. The summed E-state index contributed by atoms with van der Waals surface area (Å²) < 4.78 is 32.5. The predicted molar refractivity (Wildman–Crippen MR) is 126 cm³/mol. The van der Waals surface area contributed by atoms with Crippen LogP contribution in [-0.2, 0) is 21.2 Å². The van der Waals surface area contributed by atoms with Crippen LogP contribution in [0.2, 0.25) is 0 Å². The number of aryl methyl sites for hydroxylation is 1. The van der Waals surface area contributed by atoms with Crippen molar-refractivity contribution < 1.29 is 22.7 Å². The highest BCUT2D eigenvalue weighted by Gasteiger charge is 2.23. The molecular weight excluding hydrogens is 442 g/mol. The highest BCUT2D eigenvalue weighted by atomic mass is 32.2. The van der Waals surface area contributed by atoms with Crippen LogP contribution in [0.15, 0.2) is 71.6 Å². The van der Waals surface area contributed by atoms with E-state index in [0.717, 1.165) is 15.6 Å². The van der Waals surface area contributed by atoms with Gasteiger partial charge in [0.05, 0.1) is 17.7 Å². The van der Waals surface area contributed by atoms with Crippen LogP contribution in [0, 0.1) is 0 Å². The van der Waals surface area contributed by atoms with Crippen molar-refractivity contribution in [3.8, 4) is 5.75 Å². The summed E-state index contributed by atoms with van der Waals surface area (Å²) in [5, 5.41) is 5.59. The Morgan fingerprint density at radius 1 is 1.03 bits per heavy atom. The third kappa shape index (κ3) is 4.68. The van der Waals surface area contributed by atoms with Crippen molar-refractivity contribution in [1.82, 2.24) is 0 Å². The van der Waals surface area contributed by atoms with Crippen molar-refractivity contribution in [2.24, 2.45) is 0 Å². The van der Waals surface area contributed by atoms with Gasteiger partial charge in [-0.25, -0.2) is 8.42 Å². The molecule has 4 rings (SSSR count). The molecule has 33 heavy (non-hydrogen) atoms. The van der Waals surface area contributed by atoms with Crippen molar-refractivity contribution in [3.05, 3.63) is 77.9 Å². The quantitative estimate of drug-likeness (QED) is 0.578. The Kier molecular flexibility index (Phi) is 6.06. The minimum Gasteiger partial charge on any atom is -0.497 e. The summed E-state index contributed by atoms with van der Waals surface area (Å²) in [6.07, 6.45) is 0.988. The first-order valence-corrected chi connectivity index (χ1v) is 11.7. The largest absolute Gasteiger partial charge is 0.497 e. The number of benzene rings is 3. The van der Waals surface area contributed by atoms with Crippen LogP contribution in [0.25, 0.3) is 0 Å². The molecular formula is C24H23N3O5S. The molecule has 0 bridgehead atoms. The van der Waals surface area contributed by atoms with Gasteiger partial charge in [-0.2, -0.15) is 0 Å². The fraction of sp³-hybridized carbons (Fsp3) is 0.167. The van der Waals surface area contributed by atoms with Gasteiger partial charge >= 0.3 is 0 Å². The minimum atomic E-state index is -3.89. The first-order valence-electron chi connectivity index (χ1n) is 10.2. The van der Waals surface area contributed by atoms with Gasteiger partial charge in [0.15, 0.2) is 0 Å². The van der Waals surface area contributed by atoms with Crippen LogP contribution < -0.4 is 19.7 Å².